The number of carboxylic acids is 1. The smallest absolute Gasteiger partial charge is 0.328 e. The minimum atomic E-state index is -1.36. The molecule has 0 aliphatic heterocycles. The summed E-state index contributed by atoms with van der Waals surface area (Å²) in [4.78, 5) is 22.1. The van der Waals surface area contributed by atoms with Gasteiger partial charge in [0.25, 0.3) is 5.91 Å². The van der Waals surface area contributed by atoms with E-state index in [-0.39, 0.29) is 5.69 Å². The van der Waals surface area contributed by atoms with E-state index < -0.39 is 24.5 Å². The fourth-order valence-electron chi connectivity index (χ4n) is 1.06. The first-order valence-corrected chi connectivity index (χ1v) is 4.83. The number of nitrogens with one attached hydrogen (secondary N) is 1. The third kappa shape index (κ3) is 3.50. The van der Waals surface area contributed by atoms with Gasteiger partial charge in [0.1, 0.15) is 0 Å². The SMILES string of the molecule is NCCn1cc(C(=O)N[C@@H](CO)C(=O)O)nn1. The molecule has 0 saturated heterocycles. The van der Waals surface area contributed by atoms with Crippen LogP contribution in [0.2, 0.25) is 0 Å². The third-order valence-corrected chi connectivity index (χ3v) is 1.92. The van der Waals surface area contributed by atoms with E-state index in [9.17, 15) is 9.59 Å². The molecule has 9 nitrogen and oxygen atoms in total. The van der Waals surface area contributed by atoms with E-state index in [1.807, 2.05) is 0 Å². The number of carboxylic acid groups (broad SMARTS) is 1. The van der Waals surface area contributed by atoms with Gasteiger partial charge in [-0.1, -0.05) is 5.21 Å². The summed E-state index contributed by atoms with van der Waals surface area (Å²) in [6, 6.07) is -1.36. The lowest BCUT2D eigenvalue weighted by molar-refractivity contribution is -0.140. The van der Waals surface area contributed by atoms with Gasteiger partial charge in [0.15, 0.2) is 11.7 Å². The summed E-state index contributed by atoms with van der Waals surface area (Å²) in [7, 11) is 0. The van der Waals surface area contributed by atoms with Crippen LogP contribution in [0, 0.1) is 0 Å². The van der Waals surface area contributed by atoms with E-state index >= 15 is 0 Å². The highest BCUT2D eigenvalue weighted by molar-refractivity contribution is 5.94. The number of aliphatic hydroxyl groups excluding tert-OH is 1. The summed E-state index contributed by atoms with van der Waals surface area (Å²) in [5.41, 5.74) is 5.26. The van der Waals surface area contributed by atoms with Gasteiger partial charge in [-0.25, -0.2) is 4.79 Å². The molecule has 1 amide bonds. The van der Waals surface area contributed by atoms with Crippen molar-refractivity contribution in [2.24, 2.45) is 5.73 Å². The summed E-state index contributed by atoms with van der Waals surface area (Å²) in [6.45, 7) is 0.0550. The molecule has 0 fully saturated rings. The molecule has 9 heteroatoms. The molecule has 1 heterocycles. The fourth-order valence-corrected chi connectivity index (χ4v) is 1.06. The van der Waals surface area contributed by atoms with Crippen molar-refractivity contribution in [2.75, 3.05) is 13.2 Å². The Hall–Kier alpha value is -2.00. The lowest BCUT2D eigenvalue weighted by Gasteiger charge is -2.09. The monoisotopic (exact) mass is 243 g/mol. The molecule has 1 aromatic heterocycles. The van der Waals surface area contributed by atoms with Crippen LogP contribution in [0.4, 0.5) is 0 Å². The number of nitrogens with zero attached hydrogens (tertiary/aromatic N) is 3. The summed E-state index contributed by atoms with van der Waals surface area (Å²) in [5.74, 6) is -2.04. The van der Waals surface area contributed by atoms with Crippen LogP contribution in [0.25, 0.3) is 0 Å². The Labute approximate surface area is 96.2 Å². The quantitative estimate of drug-likeness (QED) is 0.429. The van der Waals surface area contributed by atoms with E-state index in [2.05, 4.69) is 15.6 Å². The average Bonchev–Trinajstić information content (AvgIpc) is 2.74. The molecule has 0 radical (unpaired) electrons. The molecular weight excluding hydrogens is 230 g/mol. The van der Waals surface area contributed by atoms with Gasteiger partial charge in [0, 0.05) is 6.54 Å². The molecule has 0 bridgehead atoms. The standard InChI is InChI=1S/C8H13N5O4/c9-1-2-13-3-5(11-12-13)7(15)10-6(4-14)8(16)17/h3,6,14H,1-2,4,9H2,(H,10,15)(H,16,17)/t6-/m0/s1. The van der Waals surface area contributed by atoms with Crippen LogP contribution in [0.5, 0.6) is 0 Å². The molecule has 5 N–H and O–H groups in total. The van der Waals surface area contributed by atoms with E-state index in [1.165, 1.54) is 10.9 Å². The van der Waals surface area contributed by atoms with Crippen molar-refractivity contribution < 1.29 is 19.8 Å². The van der Waals surface area contributed by atoms with Gasteiger partial charge in [-0.05, 0) is 0 Å². The van der Waals surface area contributed by atoms with Gasteiger partial charge in [-0.15, -0.1) is 5.10 Å². The Morgan fingerprint density at radius 3 is 2.82 bits per heavy atom. The predicted molar refractivity (Wildman–Crippen MR) is 55.1 cm³/mol. The van der Waals surface area contributed by atoms with Crippen molar-refractivity contribution in [3.05, 3.63) is 11.9 Å². The summed E-state index contributed by atoms with van der Waals surface area (Å²) in [5, 5.41) is 26.6. The minimum absolute atomic E-state index is 0.0295. The van der Waals surface area contributed by atoms with Crippen LogP contribution < -0.4 is 11.1 Å². The molecule has 17 heavy (non-hydrogen) atoms. The van der Waals surface area contributed by atoms with Gasteiger partial charge in [-0.2, -0.15) is 0 Å². The molecule has 1 atom stereocenters. The van der Waals surface area contributed by atoms with E-state index in [1.54, 1.807) is 0 Å². The molecule has 0 aromatic carbocycles. The van der Waals surface area contributed by atoms with E-state index in [0.29, 0.717) is 13.1 Å². The average molecular weight is 243 g/mol. The fraction of sp³-hybridized carbons (Fsp3) is 0.500. The number of hydrogen-bond acceptors (Lipinski definition) is 6. The Morgan fingerprint density at radius 1 is 1.59 bits per heavy atom. The van der Waals surface area contributed by atoms with Crippen molar-refractivity contribution in [3.63, 3.8) is 0 Å². The van der Waals surface area contributed by atoms with Crippen molar-refractivity contribution in [1.29, 1.82) is 0 Å². The second kappa shape index (κ2) is 5.92. The van der Waals surface area contributed by atoms with Gasteiger partial charge in [0.05, 0.1) is 19.3 Å². The predicted octanol–water partition coefficient (Wildman–Crippen LogP) is -2.59. The van der Waals surface area contributed by atoms with Crippen LogP contribution in [-0.2, 0) is 11.3 Å². The van der Waals surface area contributed by atoms with Crippen LogP contribution >= 0.6 is 0 Å². The lowest BCUT2D eigenvalue weighted by atomic mass is 10.3. The molecule has 1 rings (SSSR count). The van der Waals surface area contributed by atoms with Crippen LogP contribution in [0.15, 0.2) is 6.20 Å². The lowest BCUT2D eigenvalue weighted by Crippen LogP contribution is -2.43. The molecule has 0 unspecified atom stereocenters. The maximum absolute atomic E-state index is 11.5. The second-order valence-electron chi connectivity index (χ2n) is 3.20. The Kier molecular flexibility index (Phi) is 4.55. The molecule has 0 spiro atoms. The Bertz CT molecular complexity index is 404. The van der Waals surface area contributed by atoms with Crippen LogP contribution in [0.1, 0.15) is 10.5 Å². The summed E-state index contributed by atoms with van der Waals surface area (Å²) >= 11 is 0. The number of nitrogens with two attached hydrogens (primary N) is 1. The maximum Gasteiger partial charge on any atom is 0.328 e. The number of carbonyl (C=O) groups excluding carboxylic acids is 1. The van der Waals surface area contributed by atoms with Gasteiger partial charge >= 0.3 is 5.97 Å². The van der Waals surface area contributed by atoms with Gasteiger partial charge < -0.3 is 21.3 Å². The maximum atomic E-state index is 11.5. The molecular formula is C8H13N5O4. The summed E-state index contributed by atoms with van der Waals surface area (Å²) < 4.78 is 1.36. The number of aliphatic carboxylic acids is 1. The van der Waals surface area contributed by atoms with E-state index in [4.69, 9.17) is 15.9 Å². The van der Waals surface area contributed by atoms with Gasteiger partial charge in [-0.3, -0.25) is 9.48 Å². The first-order valence-electron chi connectivity index (χ1n) is 4.83. The third-order valence-electron chi connectivity index (χ3n) is 1.92. The zero-order valence-corrected chi connectivity index (χ0v) is 8.91. The van der Waals surface area contributed by atoms with Crippen molar-refractivity contribution in [3.8, 4) is 0 Å². The zero-order valence-electron chi connectivity index (χ0n) is 8.91. The normalized spacial score (nSPS) is 12.1. The van der Waals surface area contributed by atoms with Crippen molar-refractivity contribution >= 4 is 11.9 Å². The molecule has 0 aliphatic rings. The Balaban J connectivity index is 2.65. The van der Waals surface area contributed by atoms with E-state index in [0.717, 1.165) is 0 Å². The molecule has 94 valence electrons. The molecule has 0 saturated carbocycles. The number of amides is 1. The number of rotatable bonds is 6. The summed E-state index contributed by atoms with van der Waals surface area (Å²) in [6.07, 6.45) is 1.35. The highest BCUT2D eigenvalue weighted by Crippen LogP contribution is 1.94. The van der Waals surface area contributed by atoms with Gasteiger partial charge in [0.2, 0.25) is 0 Å². The molecule has 1 aromatic rings. The second-order valence-corrected chi connectivity index (χ2v) is 3.20. The number of aromatic nitrogens is 3. The first-order chi connectivity index (χ1) is 8.08. The van der Waals surface area contributed by atoms with Crippen molar-refractivity contribution in [2.45, 2.75) is 12.6 Å². The highest BCUT2D eigenvalue weighted by atomic mass is 16.4. The molecule has 0 aliphatic carbocycles. The number of hydrogen-bond donors (Lipinski definition) is 4. The van der Waals surface area contributed by atoms with Crippen LogP contribution in [0.3, 0.4) is 0 Å². The minimum Gasteiger partial charge on any atom is -0.480 e. The number of carbonyl (C=O) groups is 2. The number of aliphatic hydroxyl groups is 1. The van der Waals surface area contributed by atoms with Crippen LogP contribution in [-0.4, -0.2) is 56.3 Å². The largest absolute Gasteiger partial charge is 0.480 e. The first kappa shape index (κ1) is 13.1. The topological polar surface area (TPSA) is 143 Å². The zero-order chi connectivity index (χ0) is 12.8. The Morgan fingerprint density at radius 2 is 2.29 bits per heavy atom. The highest BCUT2D eigenvalue weighted by Gasteiger charge is 2.21. The van der Waals surface area contributed by atoms with Crippen molar-refractivity contribution in [1.82, 2.24) is 20.3 Å².